The summed E-state index contributed by atoms with van der Waals surface area (Å²) in [5.41, 5.74) is 0.629. The maximum Gasteiger partial charge on any atom is 0.290 e. The quantitative estimate of drug-likeness (QED) is 0.659. The van der Waals surface area contributed by atoms with E-state index in [1.807, 2.05) is 24.3 Å². The van der Waals surface area contributed by atoms with Crippen molar-refractivity contribution in [1.82, 2.24) is 4.90 Å². The number of nitrogens with zero attached hydrogens (tertiary/aromatic N) is 1. The molecule has 1 N–H and O–H groups in total. The smallest absolute Gasteiger partial charge is 0.290 e. The Morgan fingerprint density at radius 1 is 1.03 bits per heavy atom. The van der Waals surface area contributed by atoms with E-state index in [2.05, 4.69) is 5.32 Å². The van der Waals surface area contributed by atoms with Crippen LogP contribution in [-0.4, -0.2) is 36.4 Å². The van der Waals surface area contributed by atoms with Crippen LogP contribution in [0.4, 0.5) is 5.69 Å². The Labute approximate surface area is 174 Å². The lowest BCUT2D eigenvalue weighted by Crippen LogP contribution is -2.43. The molecule has 2 heterocycles. The van der Waals surface area contributed by atoms with E-state index in [9.17, 15) is 9.59 Å². The van der Waals surface area contributed by atoms with E-state index >= 15 is 0 Å². The Bertz CT molecular complexity index is 1010. The van der Waals surface area contributed by atoms with Gasteiger partial charge in [0.2, 0.25) is 5.91 Å². The topological polar surface area (TPSA) is 81.0 Å². The second kappa shape index (κ2) is 8.73. The zero-order valence-electron chi connectivity index (χ0n) is 16.5. The summed E-state index contributed by atoms with van der Waals surface area (Å²) in [5, 5.41) is 2.88. The standard InChI is InChI=1S/C23H22N2O5/c1-28-19-7-2-3-8-20(19)30-17-12-10-16(11-13-17)24-22(26)18-6-4-14-25(18)23(27)21-9-5-15-29-21/h2-3,5,7-13,15,18H,4,6,14H2,1H3,(H,24,26). The largest absolute Gasteiger partial charge is 0.493 e. The van der Waals surface area contributed by atoms with Crippen molar-refractivity contribution in [3.05, 3.63) is 72.7 Å². The number of anilines is 1. The van der Waals surface area contributed by atoms with Crippen LogP contribution in [0.3, 0.4) is 0 Å². The van der Waals surface area contributed by atoms with Crippen molar-refractivity contribution in [2.75, 3.05) is 19.0 Å². The van der Waals surface area contributed by atoms with Crippen molar-refractivity contribution in [2.45, 2.75) is 18.9 Å². The highest BCUT2D eigenvalue weighted by Gasteiger charge is 2.35. The number of methoxy groups -OCH3 is 1. The van der Waals surface area contributed by atoms with Gasteiger partial charge in [0.25, 0.3) is 5.91 Å². The fraction of sp³-hybridized carbons (Fsp3) is 0.217. The van der Waals surface area contributed by atoms with Crippen LogP contribution in [-0.2, 0) is 4.79 Å². The molecular weight excluding hydrogens is 384 g/mol. The van der Waals surface area contributed by atoms with Crippen LogP contribution >= 0.6 is 0 Å². The van der Waals surface area contributed by atoms with Gasteiger partial charge in [-0.15, -0.1) is 0 Å². The fourth-order valence-corrected chi connectivity index (χ4v) is 3.49. The third kappa shape index (κ3) is 4.15. The predicted molar refractivity (Wildman–Crippen MR) is 111 cm³/mol. The van der Waals surface area contributed by atoms with Gasteiger partial charge < -0.3 is 24.1 Å². The van der Waals surface area contributed by atoms with Crippen molar-refractivity contribution < 1.29 is 23.5 Å². The van der Waals surface area contributed by atoms with Gasteiger partial charge in [-0.05, 0) is 61.4 Å². The molecule has 2 amide bonds. The summed E-state index contributed by atoms with van der Waals surface area (Å²) in [6, 6.07) is 17.2. The summed E-state index contributed by atoms with van der Waals surface area (Å²) in [6.07, 6.45) is 2.84. The predicted octanol–water partition coefficient (Wildman–Crippen LogP) is 4.32. The molecule has 1 aliphatic rings. The van der Waals surface area contributed by atoms with Crippen molar-refractivity contribution >= 4 is 17.5 Å². The molecule has 7 nitrogen and oxygen atoms in total. The molecule has 0 aliphatic carbocycles. The zero-order chi connectivity index (χ0) is 20.9. The Morgan fingerprint density at radius 2 is 1.80 bits per heavy atom. The van der Waals surface area contributed by atoms with Gasteiger partial charge in [-0.25, -0.2) is 0 Å². The van der Waals surface area contributed by atoms with Gasteiger partial charge >= 0.3 is 0 Å². The van der Waals surface area contributed by atoms with Crippen molar-refractivity contribution in [3.8, 4) is 17.2 Å². The third-order valence-electron chi connectivity index (χ3n) is 4.97. The Hall–Kier alpha value is -3.74. The molecule has 1 aromatic heterocycles. The maximum atomic E-state index is 12.8. The summed E-state index contributed by atoms with van der Waals surface area (Å²) in [5.74, 6) is 1.62. The van der Waals surface area contributed by atoms with Gasteiger partial charge in [0.1, 0.15) is 11.8 Å². The second-order valence-corrected chi connectivity index (χ2v) is 6.90. The maximum absolute atomic E-state index is 12.8. The van der Waals surface area contributed by atoms with E-state index < -0.39 is 6.04 Å². The number of nitrogens with one attached hydrogen (secondary N) is 1. The lowest BCUT2D eigenvalue weighted by atomic mass is 10.2. The first-order valence-corrected chi connectivity index (χ1v) is 9.72. The number of hydrogen-bond donors (Lipinski definition) is 1. The summed E-state index contributed by atoms with van der Waals surface area (Å²) >= 11 is 0. The normalized spacial score (nSPS) is 15.6. The van der Waals surface area contributed by atoms with Crippen LogP contribution in [0.15, 0.2) is 71.3 Å². The van der Waals surface area contributed by atoms with Gasteiger partial charge in [0, 0.05) is 12.2 Å². The van der Waals surface area contributed by atoms with E-state index in [1.165, 1.54) is 6.26 Å². The first kappa shape index (κ1) is 19.6. The van der Waals surface area contributed by atoms with E-state index in [0.717, 1.165) is 6.42 Å². The van der Waals surface area contributed by atoms with Crippen LogP contribution in [0, 0.1) is 0 Å². The molecule has 1 atom stereocenters. The Morgan fingerprint density at radius 3 is 2.50 bits per heavy atom. The molecule has 2 aromatic carbocycles. The molecule has 0 saturated carbocycles. The zero-order valence-corrected chi connectivity index (χ0v) is 16.5. The number of ether oxygens (including phenoxy) is 2. The monoisotopic (exact) mass is 406 g/mol. The molecular formula is C23H22N2O5. The third-order valence-corrected chi connectivity index (χ3v) is 4.97. The van der Waals surface area contributed by atoms with Gasteiger partial charge in [-0.2, -0.15) is 0 Å². The van der Waals surface area contributed by atoms with Crippen molar-refractivity contribution in [1.29, 1.82) is 0 Å². The van der Waals surface area contributed by atoms with Gasteiger partial charge in [0.05, 0.1) is 13.4 Å². The highest BCUT2D eigenvalue weighted by molar-refractivity contribution is 6.00. The van der Waals surface area contributed by atoms with Gasteiger partial charge in [-0.3, -0.25) is 9.59 Å². The lowest BCUT2D eigenvalue weighted by molar-refractivity contribution is -0.119. The molecule has 154 valence electrons. The number of para-hydroxylation sites is 2. The Kier molecular flexibility index (Phi) is 5.70. The molecule has 1 unspecified atom stereocenters. The molecule has 1 fully saturated rings. The molecule has 7 heteroatoms. The van der Waals surface area contributed by atoms with Crippen molar-refractivity contribution in [2.24, 2.45) is 0 Å². The number of rotatable bonds is 6. The Balaban J connectivity index is 1.40. The van der Waals surface area contributed by atoms with Crippen LogP contribution in [0.25, 0.3) is 0 Å². The highest BCUT2D eigenvalue weighted by atomic mass is 16.5. The van der Waals surface area contributed by atoms with Gasteiger partial charge in [-0.1, -0.05) is 12.1 Å². The number of likely N-dealkylation sites (tertiary alicyclic amines) is 1. The van der Waals surface area contributed by atoms with Crippen molar-refractivity contribution in [3.63, 3.8) is 0 Å². The van der Waals surface area contributed by atoms with Crippen LogP contribution < -0.4 is 14.8 Å². The fourth-order valence-electron chi connectivity index (χ4n) is 3.49. The van der Waals surface area contributed by atoms with Crippen LogP contribution in [0.1, 0.15) is 23.4 Å². The number of benzene rings is 2. The minimum absolute atomic E-state index is 0.217. The van der Waals surface area contributed by atoms with Gasteiger partial charge in [0.15, 0.2) is 17.3 Å². The van der Waals surface area contributed by atoms with Crippen LogP contribution in [0.2, 0.25) is 0 Å². The average Bonchev–Trinajstić information content (AvgIpc) is 3.47. The molecule has 0 spiro atoms. The lowest BCUT2D eigenvalue weighted by Gasteiger charge is -2.23. The minimum Gasteiger partial charge on any atom is -0.493 e. The minimum atomic E-state index is -0.521. The molecule has 0 bridgehead atoms. The first-order valence-electron chi connectivity index (χ1n) is 9.72. The molecule has 4 rings (SSSR count). The number of carbonyl (C=O) groups is 2. The average molecular weight is 406 g/mol. The molecule has 3 aromatic rings. The molecule has 30 heavy (non-hydrogen) atoms. The summed E-state index contributed by atoms with van der Waals surface area (Å²) in [4.78, 5) is 26.9. The summed E-state index contributed by atoms with van der Waals surface area (Å²) in [7, 11) is 1.59. The van der Waals surface area contributed by atoms with E-state index in [1.54, 1.807) is 48.4 Å². The first-order chi connectivity index (χ1) is 14.7. The molecule has 1 aliphatic heterocycles. The summed E-state index contributed by atoms with van der Waals surface area (Å²) in [6.45, 7) is 0.531. The van der Waals surface area contributed by atoms with E-state index in [0.29, 0.717) is 35.9 Å². The molecule has 1 saturated heterocycles. The van der Waals surface area contributed by atoms with E-state index in [4.69, 9.17) is 13.9 Å². The van der Waals surface area contributed by atoms with Crippen LogP contribution in [0.5, 0.6) is 17.2 Å². The number of amides is 2. The summed E-state index contributed by atoms with van der Waals surface area (Å²) < 4.78 is 16.3. The number of furan rings is 1. The van der Waals surface area contributed by atoms with E-state index in [-0.39, 0.29) is 17.6 Å². The number of carbonyl (C=O) groups excluding carboxylic acids is 2. The molecule has 0 radical (unpaired) electrons. The SMILES string of the molecule is COc1ccccc1Oc1ccc(NC(=O)C2CCCN2C(=O)c2ccco2)cc1. The number of hydrogen-bond acceptors (Lipinski definition) is 5. The highest BCUT2D eigenvalue weighted by Crippen LogP contribution is 2.31. The second-order valence-electron chi connectivity index (χ2n) is 6.90.